The lowest BCUT2D eigenvalue weighted by Gasteiger charge is -2.40. The third-order valence-electron chi connectivity index (χ3n) is 6.46. The highest BCUT2D eigenvalue weighted by Gasteiger charge is 2.60. The molecule has 0 saturated carbocycles. The van der Waals surface area contributed by atoms with Gasteiger partial charge in [0.25, 0.3) is 5.91 Å². The number of hydrogen-bond acceptors (Lipinski definition) is 4. The highest BCUT2D eigenvalue weighted by atomic mass is 35.5. The fraction of sp³-hybridized carbons (Fsp3) is 0.185. The lowest BCUT2D eigenvalue weighted by Crippen LogP contribution is -2.50. The Morgan fingerprint density at radius 2 is 1.70 bits per heavy atom. The van der Waals surface area contributed by atoms with Gasteiger partial charge in [0, 0.05) is 5.92 Å². The summed E-state index contributed by atoms with van der Waals surface area (Å²) in [5.74, 6) is -0.975. The number of ether oxygens (including phenoxy) is 1. The molecule has 3 atom stereocenters. The third-order valence-corrected chi connectivity index (χ3v) is 6.62. The van der Waals surface area contributed by atoms with Crippen molar-refractivity contribution in [2.24, 2.45) is 5.92 Å². The van der Waals surface area contributed by atoms with Gasteiger partial charge in [0.05, 0.1) is 17.7 Å². The number of fused-ring (bicyclic) bond motifs is 2. The highest BCUT2D eigenvalue weighted by Crippen LogP contribution is 2.55. The largest absolute Gasteiger partial charge is 0.448 e. The van der Waals surface area contributed by atoms with Gasteiger partial charge < -0.3 is 9.84 Å². The van der Waals surface area contributed by atoms with Crippen LogP contribution in [0.2, 0.25) is 0 Å². The number of halogens is 1. The number of aliphatic hydroxyl groups is 1. The molecule has 0 spiro atoms. The minimum atomic E-state index is -1.32. The molecule has 1 N–H and O–H groups in total. The molecule has 3 aromatic rings. The van der Waals surface area contributed by atoms with Gasteiger partial charge >= 0.3 is 6.09 Å². The van der Waals surface area contributed by atoms with Gasteiger partial charge in [0.15, 0.2) is 0 Å². The van der Waals surface area contributed by atoms with Crippen molar-refractivity contribution >= 4 is 35.4 Å². The molecule has 3 aromatic carbocycles. The zero-order valence-corrected chi connectivity index (χ0v) is 18.5. The van der Waals surface area contributed by atoms with Crippen molar-refractivity contribution in [3.05, 3.63) is 107 Å². The van der Waals surface area contributed by atoms with Gasteiger partial charge in [-0.15, -0.1) is 11.6 Å². The number of para-hydroxylation sites is 1. The van der Waals surface area contributed by atoms with Gasteiger partial charge in [0.1, 0.15) is 12.0 Å². The predicted octanol–water partition coefficient (Wildman–Crippen LogP) is 5.07. The van der Waals surface area contributed by atoms with E-state index in [-0.39, 0.29) is 12.5 Å². The van der Waals surface area contributed by atoms with Crippen LogP contribution in [0, 0.1) is 5.92 Å². The molecule has 2 amide bonds. The minimum absolute atomic E-state index is 0.00992. The van der Waals surface area contributed by atoms with Gasteiger partial charge in [0.2, 0.25) is 0 Å². The average Bonchev–Trinajstić information content (AvgIpc) is 3.12. The molecule has 1 aliphatic heterocycles. The quantitative estimate of drug-likeness (QED) is 0.553. The van der Waals surface area contributed by atoms with E-state index < -0.39 is 29.4 Å². The number of benzene rings is 3. The molecular formula is C27H22ClNO4. The number of hydrogen-bond donors (Lipinski definition) is 1. The molecule has 0 bridgehead atoms. The molecule has 2 aliphatic rings. The van der Waals surface area contributed by atoms with Crippen molar-refractivity contribution in [1.82, 2.24) is 0 Å². The Kier molecular flexibility index (Phi) is 5.52. The van der Waals surface area contributed by atoms with E-state index >= 15 is 0 Å². The second-order valence-corrected chi connectivity index (χ2v) is 8.47. The molecule has 33 heavy (non-hydrogen) atoms. The Morgan fingerprint density at radius 1 is 1.00 bits per heavy atom. The van der Waals surface area contributed by atoms with Gasteiger partial charge in [-0.2, -0.15) is 0 Å². The maximum Gasteiger partial charge on any atom is 0.421 e. The summed E-state index contributed by atoms with van der Waals surface area (Å²) in [6, 6.07) is 24.1. The molecule has 0 radical (unpaired) electrons. The summed E-state index contributed by atoms with van der Waals surface area (Å²) in [5, 5.41) is 11.6. The Labute approximate surface area is 196 Å². The first kappa shape index (κ1) is 21.4. The first-order valence-corrected chi connectivity index (χ1v) is 11.3. The third kappa shape index (κ3) is 3.19. The fourth-order valence-corrected chi connectivity index (χ4v) is 5.17. The average molecular weight is 460 g/mol. The number of alkyl halides is 1. The number of carbonyl (C=O) groups is 2. The maximum absolute atomic E-state index is 14.3. The Morgan fingerprint density at radius 3 is 2.48 bits per heavy atom. The number of nitrogens with zero attached hydrogens (tertiary/aromatic N) is 1. The Bertz CT molecular complexity index is 1240. The zero-order chi connectivity index (χ0) is 23.0. The van der Waals surface area contributed by atoms with Crippen molar-refractivity contribution in [2.75, 3.05) is 17.4 Å². The highest BCUT2D eigenvalue weighted by molar-refractivity contribution is 6.23. The molecule has 6 heteroatoms. The molecule has 3 unspecified atom stereocenters. The topological polar surface area (TPSA) is 66.8 Å². The predicted molar refractivity (Wildman–Crippen MR) is 127 cm³/mol. The van der Waals surface area contributed by atoms with Gasteiger partial charge in [-0.3, -0.25) is 4.79 Å². The lowest BCUT2D eigenvalue weighted by atomic mass is 9.62. The first-order chi connectivity index (χ1) is 16.1. The van der Waals surface area contributed by atoms with Crippen molar-refractivity contribution < 1.29 is 19.4 Å². The van der Waals surface area contributed by atoms with Gasteiger partial charge in [-0.05, 0) is 28.3 Å². The summed E-state index contributed by atoms with van der Waals surface area (Å²) >= 11 is 5.71. The SMILES string of the molecule is O=C(OCCCl)N1C(=O)C(c2ccccc2)(C2C=Cc3ccccc3C2O)c2ccccc21. The summed E-state index contributed by atoms with van der Waals surface area (Å²) < 4.78 is 5.26. The molecular weight excluding hydrogens is 438 g/mol. The zero-order valence-electron chi connectivity index (χ0n) is 17.7. The van der Waals surface area contributed by atoms with E-state index in [0.29, 0.717) is 16.8 Å². The Hall–Kier alpha value is -3.41. The summed E-state index contributed by atoms with van der Waals surface area (Å²) in [7, 11) is 0. The van der Waals surface area contributed by atoms with E-state index in [1.807, 2.05) is 78.9 Å². The van der Waals surface area contributed by atoms with Crippen LogP contribution in [-0.2, 0) is 14.9 Å². The van der Waals surface area contributed by atoms with Crippen LogP contribution in [0.1, 0.15) is 28.4 Å². The smallest absolute Gasteiger partial charge is 0.421 e. The molecule has 1 heterocycles. The van der Waals surface area contributed by atoms with Crippen LogP contribution in [0.5, 0.6) is 0 Å². The molecule has 166 valence electrons. The fourth-order valence-electron chi connectivity index (χ4n) is 5.09. The summed E-state index contributed by atoms with van der Waals surface area (Å²) in [6.45, 7) is -0.00992. The number of imide groups is 1. The normalized spacial score (nSPS) is 23.2. The number of aliphatic hydroxyl groups excluding tert-OH is 1. The van der Waals surface area contributed by atoms with E-state index in [9.17, 15) is 14.7 Å². The maximum atomic E-state index is 14.3. The van der Waals surface area contributed by atoms with Crippen LogP contribution in [0.4, 0.5) is 10.5 Å². The summed E-state index contributed by atoms with van der Waals surface area (Å²) in [5.41, 5.74) is 2.13. The minimum Gasteiger partial charge on any atom is -0.448 e. The van der Waals surface area contributed by atoms with E-state index in [4.69, 9.17) is 16.3 Å². The first-order valence-electron chi connectivity index (χ1n) is 10.8. The van der Waals surface area contributed by atoms with Crippen molar-refractivity contribution in [2.45, 2.75) is 11.5 Å². The van der Waals surface area contributed by atoms with Crippen LogP contribution in [0.15, 0.2) is 84.9 Å². The molecule has 0 saturated heterocycles. The monoisotopic (exact) mass is 459 g/mol. The van der Waals surface area contributed by atoms with E-state index in [0.717, 1.165) is 16.0 Å². The van der Waals surface area contributed by atoms with E-state index in [1.165, 1.54) is 0 Å². The number of carbonyl (C=O) groups excluding carboxylic acids is 2. The number of rotatable bonds is 4. The van der Waals surface area contributed by atoms with E-state index in [2.05, 4.69) is 0 Å². The van der Waals surface area contributed by atoms with Crippen molar-refractivity contribution in [3.63, 3.8) is 0 Å². The van der Waals surface area contributed by atoms with Crippen LogP contribution in [0.25, 0.3) is 6.08 Å². The van der Waals surface area contributed by atoms with Gasteiger partial charge in [-0.25, -0.2) is 9.69 Å². The summed E-state index contributed by atoms with van der Waals surface area (Å²) in [4.78, 5) is 28.4. The van der Waals surface area contributed by atoms with Crippen LogP contribution in [0.3, 0.4) is 0 Å². The molecule has 5 rings (SSSR count). The molecule has 5 nitrogen and oxygen atoms in total. The van der Waals surface area contributed by atoms with Crippen LogP contribution >= 0.6 is 11.6 Å². The summed E-state index contributed by atoms with van der Waals surface area (Å²) in [6.07, 6.45) is 2.08. The van der Waals surface area contributed by atoms with Crippen LogP contribution in [-0.4, -0.2) is 29.6 Å². The molecule has 1 aliphatic carbocycles. The second-order valence-electron chi connectivity index (χ2n) is 8.09. The van der Waals surface area contributed by atoms with E-state index in [1.54, 1.807) is 12.1 Å². The number of amides is 2. The second kappa shape index (κ2) is 8.50. The Balaban J connectivity index is 1.75. The molecule has 0 aromatic heterocycles. The van der Waals surface area contributed by atoms with Crippen molar-refractivity contribution in [1.29, 1.82) is 0 Å². The lowest BCUT2D eigenvalue weighted by molar-refractivity contribution is -0.124. The van der Waals surface area contributed by atoms with Crippen molar-refractivity contribution in [3.8, 4) is 0 Å². The molecule has 0 fully saturated rings. The van der Waals surface area contributed by atoms with Gasteiger partial charge in [-0.1, -0.05) is 84.9 Å². The standard InChI is InChI=1S/C27H22ClNO4/c28-16-17-33-26(32)29-23-13-7-6-12-21(23)27(25(29)31,19-9-2-1-3-10-19)22-15-14-18-8-4-5-11-20(18)24(22)30/h1-15,22,24,30H,16-17H2. The van der Waals surface area contributed by atoms with Crippen LogP contribution < -0.4 is 4.90 Å². The number of anilines is 1.